The highest BCUT2D eigenvalue weighted by atomic mass is 35.5. The molecule has 0 radical (unpaired) electrons. The summed E-state index contributed by atoms with van der Waals surface area (Å²) in [5.41, 5.74) is 3.08. The standard InChI is InChI=1S/C30H25Cl2FN2O4/c1-17(22-5-3-4-6-23(22)31)39-29(38)34-27-24(25(33)26(32)35(27)2)20-9-7-18(8-10-20)19-11-13-21(14-12-19)30(15-16-30)28(36)37/h3-14,17H,15-16H2,1-2H3,(H,34,38)(H,36,37)/t17-/m1/s1. The number of hydrogen-bond donors (Lipinski definition) is 2. The number of anilines is 1. The van der Waals surface area contributed by atoms with E-state index in [-0.39, 0.29) is 16.5 Å². The average Bonchev–Trinajstić information content (AvgIpc) is 3.71. The van der Waals surface area contributed by atoms with Crippen LogP contribution in [0.1, 0.15) is 37.0 Å². The van der Waals surface area contributed by atoms with Crippen molar-refractivity contribution in [3.8, 4) is 22.3 Å². The van der Waals surface area contributed by atoms with Crippen molar-refractivity contribution in [1.82, 2.24) is 4.57 Å². The third-order valence-electron chi connectivity index (χ3n) is 7.22. The van der Waals surface area contributed by atoms with Gasteiger partial charge in [0, 0.05) is 17.6 Å². The highest BCUT2D eigenvalue weighted by Gasteiger charge is 2.51. The third kappa shape index (κ3) is 5.00. The molecule has 3 aromatic carbocycles. The zero-order valence-corrected chi connectivity index (χ0v) is 22.7. The normalized spacial score (nSPS) is 14.5. The Morgan fingerprint density at radius 3 is 2.10 bits per heavy atom. The smallest absolute Gasteiger partial charge is 0.413 e. The van der Waals surface area contributed by atoms with Crippen molar-refractivity contribution in [2.24, 2.45) is 7.05 Å². The summed E-state index contributed by atoms with van der Waals surface area (Å²) in [5, 5.41) is 12.5. The van der Waals surface area contributed by atoms with Gasteiger partial charge in [-0.25, -0.2) is 9.18 Å². The first-order valence-electron chi connectivity index (χ1n) is 12.3. The van der Waals surface area contributed by atoms with E-state index < -0.39 is 29.4 Å². The van der Waals surface area contributed by atoms with E-state index in [9.17, 15) is 14.7 Å². The van der Waals surface area contributed by atoms with E-state index in [1.54, 1.807) is 50.4 Å². The number of halogens is 3. The Kier molecular flexibility index (Phi) is 7.14. The van der Waals surface area contributed by atoms with Crippen LogP contribution >= 0.6 is 23.2 Å². The summed E-state index contributed by atoms with van der Waals surface area (Å²) in [6.45, 7) is 1.69. The van der Waals surface area contributed by atoms with Gasteiger partial charge in [-0.2, -0.15) is 0 Å². The van der Waals surface area contributed by atoms with Crippen LogP contribution in [0.3, 0.4) is 0 Å². The zero-order valence-electron chi connectivity index (χ0n) is 21.2. The summed E-state index contributed by atoms with van der Waals surface area (Å²) in [7, 11) is 1.54. The fraction of sp³-hybridized carbons (Fsp3) is 0.200. The van der Waals surface area contributed by atoms with Gasteiger partial charge in [0.1, 0.15) is 17.1 Å². The number of nitrogens with one attached hydrogen (secondary N) is 1. The maximum Gasteiger partial charge on any atom is 0.413 e. The fourth-order valence-electron chi connectivity index (χ4n) is 4.75. The molecular formula is C30H25Cl2FN2O4. The molecule has 200 valence electrons. The van der Waals surface area contributed by atoms with Crippen LogP contribution in [0.25, 0.3) is 22.3 Å². The Balaban J connectivity index is 1.37. The number of amides is 1. The summed E-state index contributed by atoms with van der Waals surface area (Å²) < 4.78 is 22.1. The Morgan fingerprint density at radius 2 is 1.54 bits per heavy atom. The van der Waals surface area contributed by atoms with Crippen LogP contribution in [0.4, 0.5) is 15.0 Å². The van der Waals surface area contributed by atoms with Gasteiger partial charge in [0.2, 0.25) is 0 Å². The lowest BCUT2D eigenvalue weighted by molar-refractivity contribution is -0.140. The second-order valence-corrected chi connectivity index (χ2v) is 10.4. The van der Waals surface area contributed by atoms with Crippen LogP contribution < -0.4 is 5.32 Å². The van der Waals surface area contributed by atoms with E-state index >= 15 is 4.39 Å². The Hall–Kier alpha value is -3.81. The van der Waals surface area contributed by atoms with Gasteiger partial charge in [-0.15, -0.1) is 0 Å². The predicted molar refractivity (Wildman–Crippen MR) is 150 cm³/mol. The third-order valence-corrected chi connectivity index (χ3v) is 7.98. The molecule has 1 amide bonds. The molecule has 6 nitrogen and oxygen atoms in total. The molecule has 1 aromatic heterocycles. The number of aromatic nitrogens is 1. The Bertz CT molecular complexity index is 1560. The molecule has 1 aliphatic carbocycles. The van der Waals surface area contributed by atoms with Gasteiger partial charge in [0.15, 0.2) is 5.82 Å². The molecule has 0 unspecified atom stereocenters. The number of rotatable bonds is 7. The van der Waals surface area contributed by atoms with Crippen LogP contribution in [0, 0.1) is 5.82 Å². The molecule has 1 fully saturated rings. The Morgan fingerprint density at radius 1 is 0.974 bits per heavy atom. The number of carboxylic acids is 1. The molecule has 0 spiro atoms. The van der Waals surface area contributed by atoms with E-state index in [1.165, 1.54) is 4.57 Å². The van der Waals surface area contributed by atoms with Crippen molar-refractivity contribution in [2.45, 2.75) is 31.3 Å². The lowest BCUT2D eigenvalue weighted by Crippen LogP contribution is -2.19. The number of nitrogens with zero attached hydrogens (tertiary/aromatic N) is 1. The van der Waals surface area contributed by atoms with Crippen molar-refractivity contribution in [2.75, 3.05) is 5.32 Å². The second-order valence-electron chi connectivity index (χ2n) is 9.62. The zero-order chi connectivity index (χ0) is 27.9. The number of carbonyl (C=O) groups is 2. The van der Waals surface area contributed by atoms with Gasteiger partial charge in [0.05, 0.1) is 11.0 Å². The Labute approximate surface area is 234 Å². The minimum absolute atomic E-state index is 0.129. The monoisotopic (exact) mass is 566 g/mol. The van der Waals surface area contributed by atoms with E-state index in [2.05, 4.69) is 5.32 Å². The van der Waals surface area contributed by atoms with Gasteiger partial charge < -0.3 is 14.4 Å². The fourth-order valence-corrected chi connectivity index (χ4v) is 5.22. The molecule has 0 aliphatic heterocycles. The van der Waals surface area contributed by atoms with Crippen LogP contribution in [0.5, 0.6) is 0 Å². The quantitative estimate of drug-likeness (QED) is 0.236. The molecule has 1 atom stereocenters. The van der Waals surface area contributed by atoms with Crippen molar-refractivity contribution < 1.29 is 23.8 Å². The maximum absolute atomic E-state index is 15.2. The number of benzene rings is 3. The minimum atomic E-state index is -0.797. The second kappa shape index (κ2) is 10.4. The number of hydrogen-bond acceptors (Lipinski definition) is 3. The van der Waals surface area contributed by atoms with Gasteiger partial charge in [-0.05, 0) is 48.1 Å². The lowest BCUT2D eigenvalue weighted by atomic mass is 9.93. The number of aliphatic carboxylic acids is 1. The average molecular weight is 567 g/mol. The first-order valence-corrected chi connectivity index (χ1v) is 13.1. The lowest BCUT2D eigenvalue weighted by Gasteiger charge is -2.16. The van der Waals surface area contributed by atoms with Gasteiger partial charge >= 0.3 is 12.1 Å². The van der Waals surface area contributed by atoms with Crippen LogP contribution in [-0.4, -0.2) is 21.7 Å². The summed E-state index contributed by atoms with van der Waals surface area (Å²) in [6.07, 6.45) is -0.138. The SMILES string of the molecule is C[C@@H](OC(=O)Nc1c(-c2ccc(-c3ccc(C4(C(=O)O)CC4)cc3)cc2)c(F)c(Cl)n1C)c1ccccc1Cl. The molecule has 5 rings (SSSR count). The molecule has 39 heavy (non-hydrogen) atoms. The first kappa shape index (κ1) is 26.8. The highest BCUT2D eigenvalue weighted by molar-refractivity contribution is 6.31. The van der Waals surface area contributed by atoms with Gasteiger partial charge in [0.25, 0.3) is 0 Å². The number of carboxylic acid groups (broad SMARTS) is 1. The van der Waals surface area contributed by atoms with E-state index in [4.69, 9.17) is 27.9 Å². The van der Waals surface area contributed by atoms with Crippen molar-refractivity contribution in [1.29, 1.82) is 0 Å². The number of ether oxygens (including phenoxy) is 1. The molecule has 9 heteroatoms. The van der Waals surface area contributed by atoms with Crippen LogP contribution in [0.2, 0.25) is 10.2 Å². The van der Waals surface area contributed by atoms with Crippen molar-refractivity contribution >= 4 is 41.1 Å². The molecular weight excluding hydrogens is 542 g/mol. The molecule has 0 saturated heterocycles. The minimum Gasteiger partial charge on any atom is -0.481 e. The molecule has 2 N–H and O–H groups in total. The summed E-state index contributed by atoms with van der Waals surface area (Å²) in [5.74, 6) is -1.32. The van der Waals surface area contributed by atoms with E-state index in [0.717, 1.165) is 16.7 Å². The van der Waals surface area contributed by atoms with E-state index in [0.29, 0.717) is 29.0 Å². The first-order chi connectivity index (χ1) is 18.6. The van der Waals surface area contributed by atoms with Crippen molar-refractivity contribution in [3.05, 3.63) is 99.9 Å². The van der Waals surface area contributed by atoms with E-state index in [1.807, 2.05) is 36.4 Å². The summed E-state index contributed by atoms with van der Waals surface area (Å²) >= 11 is 12.4. The topological polar surface area (TPSA) is 80.6 Å². The molecule has 0 bridgehead atoms. The van der Waals surface area contributed by atoms with Crippen molar-refractivity contribution in [3.63, 3.8) is 0 Å². The highest BCUT2D eigenvalue weighted by Crippen LogP contribution is 2.48. The molecule has 1 saturated carbocycles. The van der Waals surface area contributed by atoms with Gasteiger partial charge in [-0.3, -0.25) is 10.1 Å². The maximum atomic E-state index is 15.2. The molecule has 4 aromatic rings. The summed E-state index contributed by atoms with van der Waals surface area (Å²) in [4.78, 5) is 24.4. The molecule has 1 heterocycles. The van der Waals surface area contributed by atoms with Crippen LogP contribution in [-0.2, 0) is 22.0 Å². The number of carbonyl (C=O) groups excluding carboxylic acids is 1. The summed E-state index contributed by atoms with van der Waals surface area (Å²) in [6, 6.07) is 21.6. The van der Waals surface area contributed by atoms with Gasteiger partial charge in [-0.1, -0.05) is 89.9 Å². The predicted octanol–water partition coefficient (Wildman–Crippen LogP) is 8.23. The van der Waals surface area contributed by atoms with Crippen LogP contribution in [0.15, 0.2) is 72.8 Å². The largest absolute Gasteiger partial charge is 0.481 e. The molecule has 1 aliphatic rings.